The third-order valence-electron chi connectivity index (χ3n) is 2.46. The first kappa shape index (κ1) is 11.3. The van der Waals surface area contributed by atoms with Crippen molar-refractivity contribution in [2.24, 2.45) is 0 Å². The van der Waals surface area contributed by atoms with Gasteiger partial charge in [0.25, 0.3) is 0 Å². The van der Waals surface area contributed by atoms with Crippen LogP contribution < -0.4 is 5.43 Å². The van der Waals surface area contributed by atoms with Crippen LogP contribution in [0, 0.1) is 5.82 Å². The third-order valence-corrected chi connectivity index (χ3v) is 3.12. The maximum absolute atomic E-state index is 13.5. The van der Waals surface area contributed by atoms with Gasteiger partial charge in [0.2, 0.25) is 0 Å². The highest BCUT2D eigenvalue weighted by atomic mass is 79.9. The standard InChI is InChI=1S/C12H11BrFNO/c1-2-3-7-6-10(16)11-9(14)5-4-8(13)12(11)15-7/h4-6H,2-3H2,1H3,(H,15,16). The molecule has 84 valence electrons. The van der Waals surface area contributed by atoms with Gasteiger partial charge in [-0.1, -0.05) is 13.3 Å². The molecule has 1 heterocycles. The summed E-state index contributed by atoms with van der Waals surface area (Å²) in [5, 5.41) is 0.120. The summed E-state index contributed by atoms with van der Waals surface area (Å²) in [4.78, 5) is 14.9. The van der Waals surface area contributed by atoms with E-state index in [1.165, 1.54) is 12.1 Å². The van der Waals surface area contributed by atoms with Crippen molar-refractivity contribution in [3.8, 4) is 0 Å². The minimum atomic E-state index is -0.484. The Morgan fingerprint density at radius 1 is 1.44 bits per heavy atom. The molecule has 1 N–H and O–H groups in total. The summed E-state index contributed by atoms with van der Waals surface area (Å²) in [5.74, 6) is -0.484. The predicted molar refractivity (Wildman–Crippen MR) is 66.2 cm³/mol. The number of pyridine rings is 1. The van der Waals surface area contributed by atoms with Crippen molar-refractivity contribution in [2.75, 3.05) is 0 Å². The van der Waals surface area contributed by atoms with E-state index in [1.807, 2.05) is 6.92 Å². The lowest BCUT2D eigenvalue weighted by Crippen LogP contribution is -2.07. The molecule has 2 aromatic rings. The maximum atomic E-state index is 13.5. The molecule has 0 saturated heterocycles. The van der Waals surface area contributed by atoms with Gasteiger partial charge in [-0.3, -0.25) is 4.79 Å². The lowest BCUT2D eigenvalue weighted by Gasteiger charge is -2.05. The Labute approximate surface area is 101 Å². The minimum Gasteiger partial charge on any atom is -0.357 e. The average molecular weight is 284 g/mol. The van der Waals surface area contributed by atoms with Gasteiger partial charge in [-0.05, 0) is 34.5 Å². The molecule has 2 nitrogen and oxygen atoms in total. The molecule has 0 fully saturated rings. The first-order chi connectivity index (χ1) is 7.63. The summed E-state index contributed by atoms with van der Waals surface area (Å²) >= 11 is 3.31. The summed E-state index contributed by atoms with van der Waals surface area (Å²) < 4.78 is 14.2. The largest absolute Gasteiger partial charge is 0.357 e. The van der Waals surface area contributed by atoms with Crippen LogP contribution in [0.15, 0.2) is 27.5 Å². The fraction of sp³-hybridized carbons (Fsp3) is 0.250. The van der Waals surface area contributed by atoms with Crippen LogP contribution in [0.5, 0.6) is 0 Å². The van der Waals surface area contributed by atoms with Gasteiger partial charge in [0.1, 0.15) is 5.82 Å². The lowest BCUT2D eigenvalue weighted by molar-refractivity contribution is 0.638. The number of hydrogen-bond donors (Lipinski definition) is 1. The highest BCUT2D eigenvalue weighted by Crippen LogP contribution is 2.22. The molecule has 0 spiro atoms. The van der Waals surface area contributed by atoms with E-state index in [0.29, 0.717) is 9.99 Å². The fourth-order valence-corrected chi connectivity index (χ4v) is 2.18. The maximum Gasteiger partial charge on any atom is 0.192 e. The highest BCUT2D eigenvalue weighted by molar-refractivity contribution is 9.10. The van der Waals surface area contributed by atoms with E-state index in [0.717, 1.165) is 18.5 Å². The molecule has 1 aromatic carbocycles. The lowest BCUT2D eigenvalue weighted by atomic mass is 10.1. The van der Waals surface area contributed by atoms with E-state index in [1.54, 1.807) is 6.07 Å². The van der Waals surface area contributed by atoms with E-state index in [2.05, 4.69) is 20.9 Å². The van der Waals surface area contributed by atoms with Crippen LogP contribution in [-0.4, -0.2) is 4.98 Å². The molecular formula is C12H11BrFNO. The Kier molecular flexibility index (Phi) is 3.10. The Morgan fingerprint density at radius 3 is 2.88 bits per heavy atom. The third kappa shape index (κ3) is 1.89. The number of fused-ring (bicyclic) bond motifs is 1. The highest BCUT2D eigenvalue weighted by Gasteiger charge is 2.09. The number of benzene rings is 1. The molecule has 0 saturated carbocycles. The second-order valence-electron chi connectivity index (χ2n) is 3.69. The van der Waals surface area contributed by atoms with E-state index in [9.17, 15) is 9.18 Å². The number of hydrogen-bond acceptors (Lipinski definition) is 1. The molecule has 4 heteroatoms. The number of H-pyrrole nitrogens is 1. The number of nitrogens with one attached hydrogen (secondary N) is 1. The van der Waals surface area contributed by atoms with Gasteiger partial charge < -0.3 is 4.98 Å². The molecule has 0 bridgehead atoms. The molecular weight excluding hydrogens is 273 g/mol. The van der Waals surface area contributed by atoms with Gasteiger partial charge in [-0.2, -0.15) is 0 Å². The first-order valence-corrected chi connectivity index (χ1v) is 5.92. The van der Waals surface area contributed by atoms with Crippen LogP contribution in [-0.2, 0) is 6.42 Å². The van der Waals surface area contributed by atoms with Crippen LogP contribution in [0.25, 0.3) is 10.9 Å². The molecule has 0 atom stereocenters. The molecule has 0 aliphatic carbocycles. The second-order valence-corrected chi connectivity index (χ2v) is 4.54. The Balaban J connectivity index is 2.81. The quantitative estimate of drug-likeness (QED) is 0.901. The number of aromatic amines is 1. The number of halogens is 2. The number of aryl methyl sites for hydroxylation is 1. The van der Waals surface area contributed by atoms with Crippen LogP contribution in [0.2, 0.25) is 0 Å². The first-order valence-electron chi connectivity index (χ1n) is 5.13. The van der Waals surface area contributed by atoms with Crippen LogP contribution >= 0.6 is 15.9 Å². The molecule has 16 heavy (non-hydrogen) atoms. The zero-order chi connectivity index (χ0) is 11.7. The fourth-order valence-electron chi connectivity index (χ4n) is 1.75. The smallest absolute Gasteiger partial charge is 0.192 e. The minimum absolute atomic E-state index is 0.120. The van der Waals surface area contributed by atoms with E-state index in [-0.39, 0.29) is 10.8 Å². The van der Waals surface area contributed by atoms with Gasteiger partial charge in [-0.25, -0.2) is 4.39 Å². The van der Waals surface area contributed by atoms with Crippen molar-refractivity contribution in [1.82, 2.24) is 4.98 Å². The molecule has 1 aromatic heterocycles. The second kappa shape index (κ2) is 4.37. The van der Waals surface area contributed by atoms with Gasteiger partial charge in [0.15, 0.2) is 5.43 Å². The average Bonchev–Trinajstić information content (AvgIpc) is 2.23. The molecule has 0 amide bonds. The van der Waals surface area contributed by atoms with Crippen molar-refractivity contribution in [3.63, 3.8) is 0 Å². The SMILES string of the molecule is CCCc1cc(=O)c2c(F)ccc(Br)c2[nH]1. The Bertz CT molecular complexity index is 591. The van der Waals surface area contributed by atoms with Crippen molar-refractivity contribution < 1.29 is 4.39 Å². The van der Waals surface area contributed by atoms with Gasteiger partial charge in [0.05, 0.1) is 10.9 Å². The van der Waals surface area contributed by atoms with Crippen LogP contribution in [0.3, 0.4) is 0 Å². The topological polar surface area (TPSA) is 32.9 Å². The van der Waals surface area contributed by atoms with Crippen LogP contribution in [0.1, 0.15) is 19.0 Å². The number of rotatable bonds is 2. The van der Waals surface area contributed by atoms with Crippen LogP contribution in [0.4, 0.5) is 4.39 Å². The normalized spacial score (nSPS) is 10.9. The molecule has 0 aliphatic heterocycles. The summed E-state index contributed by atoms with van der Waals surface area (Å²) in [6.45, 7) is 2.03. The van der Waals surface area contributed by atoms with Crippen molar-refractivity contribution in [2.45, 2.75) is 19.8 Å². The van der Waals surface area contributed by atoms with Gasteiger partial charge in [-0.15, -0.1) is 0 Å². The molecule has 0 aliphatic rings. The van der Waals surface area contributed by atoms with E-state index in [4.69, 9.17) is 0 Å². The van der Waals surface area contributed by atoms with Gasteiger partial charge in [0, 0.05) is 16.2 Å². The molecule has 0 unspecified atom stereocenters. The summed E-state index contributed by atoms with van der Waals surface area (Å²) in [6, 6.07) is 4.37. The summed E-state index contributed by atoms with van der Waals surface area (Å²) in [7, 11) is 0. The Hall–Kier alpha value is -1.16. The number of aromatic nitrogens is 1. The molecule has 2 rings (SSSR count). The van der Waals surface area contributed by atoms with Crippen molar-refractivity contribution in [1.29, 1.82) is 0 Å². The van der Waals surface area contributed by atoms with E-state index < -0.39 is 5.82 Å². The summed E-state index contributed by atoms with van der Waals surface area (Å²) in [5.41, 5.74) is 1.11. The zero-order valence-corrected chi connectivity index (χ0v) is 10.4. The monoisotopic (exact) mass is 283 g/mol. The Morgan fingerprint density at radius 2 is 2.19 bits per heavy atom. The van der Waals surface area contributed by atoms with Crippen molar-refractivity contribution in [3.05, 3.63) is 44.4 Å². The van der Waals surface area contributed by atoms with Gasteiger partial charge >= 0.3 is 0 Å². The van der Waals surface area contributed by atoms with Crippen molar-refractivity contribution >= 4 is 26.8 Å². The van der Waals surface area contributed by atoms with E-state index >= 15 is 0 Å². The molecule has 0 radical (unpaired) electrons. The summed E-state index contributed by atoms with van der Waals surface area (Å²) in [6.07, 6.45) is 1.72. The predicted octanol–water partition coefficient (Wildman–Crippen LogP) is 3.38. The zero-order valence-electron chi connectivity index (χ0n) is 8.81.